The first-order valence-corrected chi connectivity index (χ1v) is 7.83. The number of amides is 1. The molecule has 6 heteroatoms. The molecule has 1 rings (SSSR count). The Kier molecular flexibility index (Phi) is 6.45. The van der Waals surface area contributed by atoms with E-state index in [1.807, 2.05) is 32.6 Å². The first kappa shape index (κ1) is 17.8. The summed E-state index contributed by atoms with van der Waals surface area (Å²) in [6.07, 6.45) is 2.80. The van der Waals surface area contributed by atoms with Crippen molar-refractivity contribution in [1.82, 2.24) is 4.90 Å². The van der Waals surface area contributed by atoms with Gasteiger partial charge >= 0.3 is 0 Å². The van der Waals surface area contributed by atoms with E-state index in [0.29, 0.717) is 26.0 Å². The molecule has 1 aliphatic heterocycles. The van der Waals surface area contributed by atoms with E-state index in [4.69, 9.17) is 15.7 Å². The van der Waals surface area contributed by atoms with E-state index in [9.17, 15) is 4.79 Å². The van der Waals surface area contributed by atoms with Crippen LogP contribution in [-0.4, -0.2) is 47.1 Å². The summed E-state index contributed by atoms with van der Waals surface area (Å²) in [7, 11) is 0. The molecule has 3 N–H and O–H groups in total. The SMILES string of the molecule is CCCC(CCC)(C(=O)N1CC(C)OCC1C)C(N)=NO. The summed E-state index contributed by atoms with van der Waals surface area (Å²) in [5.74, 6) is -0.00769. The Morgan fingerprint density at radius 3 is 2.43 bits per heavy atom. The molecule has 0 aromatic carbocycles. The fraction of sp³-hybridized carbons (Fsp3) is 0.867. The third-order valence-electron chi connectivity index (χ3n) is 4.23. The summed E-state index contributed by atoms with van der Waals surface area (Å²) >= 11 is 0. The molecule has 0 saturated carbocycles. The molecule has 122 valence electrons. The highest BCUT2D eigenvalue weighted by Gasteiger charge is 2.46. The summed E-state index contributed by atoms with van der Waals surface area (Å²) in [6.45, 7) is 9.02. The molecule has 21 heavy (non-hydrogen) atoms. The van der Waals surface area contributed by atoms with Crippen molar-refractivity contribution in [3.05, 3.63) is 0 Å². The van der Waals surface area contributed by atoms with Gasteiger partial charge in [-0.3, -0.25) is 4.79 Å². The third-order valence-corrected chi connectivity index (χ3v) is 4.23. The molecule has 1 fully saturated rings. The van der Waals surface area contributed by atoms with Crippen LogP contribution < -0.4 is 5.73 Å². The van der Waals surface area contributed by atoms with Crippen molar-refractivity contribution in [2.45, 2.75) is 65.5 Å². The largest absolute Gasteiger partial charge is 0.409 e. The van der Waals surface area contributed by atoms with Crippen LogP contribution in [0, 0.1) is 5.41 Å². The third kappa shape index (κ3) is 3.67. The lowest BCUT2D eigenvalue weighted by Crippen LogP contribution is -2.58. The second-order valence-corrected chi connectivity index (χ2v) is 6.02. The summed E-state index contributed by atoms with van der Waals surface area (Å²) in [5.41, 5.74) is 5.03. The van der Waals surface area contributed by atoms with Crippen molar-refractivity contribution in [2.24, 2.45) is 16.3 Å². The van der Waals surface area contributed by atoms with Crippen molar-refractivity contribution in [3.63, 3.8) is 0 Å². The first-order chi connectivity index (χ1) is 9.92. The minimum atomic E-state index is -0.899. The van der Waals surface area contributed by atoms with E-state index in [-0.39, 0.29) is 23.9 Å². The van der Waals surface area contributed by atoms with Crippen LogP contribution in [0.1, 0.15) is 53.4 Å². The van der Waals surface area contributed by atoms with Crippen LogP contribution in [0.3, 0.4) is 0 Å². The van der Waals surface area contributed by atoms with Crippen molar-refractivity contribution < 1.29 is 14.7 Å². The zero-order chi connectivity index (χ0) is 16.0. The quantitative estimate of drug-likeness (QED) is 0.339. The maximum Gasteiger partial charge on any atom is 0.236 e. The second-order valence-electron chi connectivity index (χ2n) is 6.02. The average molecular weight is 299 g/mol. The zero-order valence-electron chi connectivity index (χ0n) is 13.6. The van der Waals surface area contributed by atoms with Crippen molar-refractivity contribution in [2.75, 3.05) is 13.2 Å². The summed E-state index contributed by atoms with van der Waals surface area (Å²) in [6, 6.07) is 0.00767. The molecule has 0 aromatic rings. The maximum absolute atomic E-state index is 13.2. The van der Waals surface area contributed by atoms with Crippen LogP contribution in [0.25, 0.3) is 0 Å². The number of carbonyl (C=O) groups is 1. The molecule has 6 nitrogen and oxygen atoms in total. The second kappa shape index (κ2) is 7.64. The highest BCUT2D eigenvalue weighted by atomic mass is 16.5. The Hall–Kier alpha value is -1.30. The molecular weight excluding hydrogens is 270 g/mol. The Balaban J connectivity index is 3.13. The molecule has 2 atom stereocenters. The zero-order valence-corrected chi connectivity index (χ0v) is 13.6. The molecule has 0 radical (unpaired) electrons. The van der Waals surface area contributed by atoms with Gasteiger partial charge < -0.3 is 20.6 Å². The lowest BCUT2D eigenvalue weighted by atomic mass is 9.76. The average Bonchev–Trinajstić information content (AvgIpc) is 2.47. The smallest absolute Gasteiger partial charge is 0.236 e. The highest BCUT2D eigenvalue weighted by molar-refractivity contribution is 6.06. The molecule has 1 heterocycles. The first-order valence-electron chi connectivity index (χ1n) is 7.83. The highest BCUT2D eigenvalue weighted by Crippen LogP contribution is 2.34. The van der Waals surface area contributed by atoms with Crippen molar-refractivity contribution in [1.29, 1.82) is 0 Å². The maximum atomic E-state index is 13.2. The van der Waals surface area contributed by atoms with Gasteiger partial charge in [0.15, 0.2) is 5.84 Å². The topological polar surface area (TPSA) is 88.2 Å². The summed E-state index contributed by atoms with van der Waals surface area (Å²) in [5, 5.41) is 12.3. The van der Waals surface area contributed by atoms with Crippen LogP contribution in [0.2, 0.25) is 0 Å². The molecule has 1 saturated heterocycles. The normalized spacial score (nSPS) is 24.2. The lowest BCUT2D eigenvalue weighted by Gasteiger charge is -2.42. The van der Waals surface area contributed by atoms with E-state index in [1.54, 1.807) is 0 Å². The van der Waals surface area contributed by atoms with Gasteiger partial charge in [0.1, 0.15) is 5.41 Å². The minimum absolute atomic E-state index is 0.00767. The number of nitrogens with two attached hydrogens (primary N) is 1. The number of hydrogen-bond donors (Lipinski definition) is 2. The van der Waals surface area contributed by atoms with Crippen LogP contribution in [0.15, 0.2) is 5.16 Å². The Morgan fingerprint density at radius 2 is 1.95 bits per heavy atom. The van der Waals surface area contributed by atoms with Crippen LogP contribution in [0.5, 0.6) is 0 Å². The summed E-state index contributed by atoms with van der Waals surface area (Å²) < 4.78 is 5.59. The van der Waals surface area contributed by atoms with Crippen molar-refractivity contribution >= 4 is 11.7 Å². The molecule has 0 spiro atoms. The molecular formula is C15H29N3O3. The molecule has 0 bridgehead atoms. The van der Waals surface area contributed by atoms with Crippen LogP contribution >= 0.6 is 0 Å². The number of rotatable bonds is 6. The molecule has 1 amide bonds. The van der Waals surface area contributed by atoms with E-state index >= 15 is 0 Å². The van der Waals surface area contributed by atoms with Crippen LogP contribution in [0.4, 0.5) is 0 Å². The van der Waals surface area contributed by atoms with Gasteiger partial charge in [-0.1, -0.05) is 31.8 Å². The Bertz CT molecular complexity index is 378. The van der Waals surface area contributed by atoms with Gasteiger partial charge in [0.25, 0.3) is 0 Å². The predicted molar refractivity (Wildman–Crippen MR) is 82.2 cm³/mol. The van der Waals surface area contributed by atoms with Gasteiger partial charge in [-0.15, -0.1) is 0 Å². The lowest BCUT2D eigenvalue weighted by molar-refractivity contribution is -0.151. The number of nitrogens with zero attached hydrogens (tertiary/aromatic N) is 2. The fourth-order valence-corrected chi connectivity index (χ4v) is 3.11. The molecule has 1 aliphatic rings. The Labute approximate surface area is 127 Å². The van der Waals surface area contributed by atoms with Crippen LogP contribution in [-0.2, 0) is 9.53 Å². The van der Waals surface area contributed by atoms with Gasteiger partial charge in [0, 0.05) is 6.54 Å². The standard InChI is InChI=1S/C15H29N3O3/c1-5-7-15(8-6-2,13(16)17-20)14(19)18-9-12(4)21-10-11(18)3/h11-12,20H,5-10H2,1-4H3,(H2,16,17). The van der Waals surface area contributed by atoms with Crippen molar-refractivity contribution in [3.8, 4) is 0 Å². The number of amidine groups is 1. The number of ether oxygens (including phenoxy) is 1. The predicted octanol–water partition coefficient (Wildman–Crippen LogP) is 1.96. The number of morpholine rings is 1. The van der Waals surface area contributed by atoms with E-state index in [0.717, 1.165) is 12.8 Å². The molecule has 0 aliphatic carbocycles. The summed E-state index contributed by atoms with van der Waals surface area (Å²) in [4.78, 5) is 15.0. The monoisotopic (exact) mass is 299 g/mol. The van der Waals surface area contributed by atoms with E-state index in [2.05, 4.69) is 5.16 Å². The van der Waals surface area contributed by atoms with E-state index in [1.165, 1.54) is 0 Å². The minimum Gasteiger partial charge on any atom is -0.409 e. The van der Waals surface area contributed by atoms with Gasteiger partial charge in [-0.05, 0) is 26.7 Å². The van der Waals surface area contributed by atoms with Gasteiger partial charge in [0.2, 0.25) is 5.91 Å². The fourth-order valence-electron chi connectivity index (χ4n) is 3.11. The van der Waals surface area contributed by atoms with E-state index < -0.39 is 5.41 Å². The number of oxime groups is 1. The Morgan fingerprint density at radius 1 is 1.38 bits per heavy atom. The molecule has 2 unspecified atom stereocenters. The van der Waals surface area contributed by atoms with Gasteiger partial charge in [-0.25, -0.2) is 0 Å². The number of carbonyl (C=O) groups excluding carboxylic acids is 1. The van der Waals surface area contributed by atoms with Gasteiger partial charge in [0.05, 0.1) is 18.8 Å². The molecule has 0 aromatic heterocycles. The van der Waals surface area contributed by atoms with Gasteiger partial charge in [-0.2, -0.15) is 0 Å². The number of hydrogen-bond acceptors (Lipinski definition) is 4.